The minimum Gasteiger partial charge on any atom is -0.455 e. The molecule has 0 bridgehead atoms. The minimum atomic E-state index is -0.241. The van der Waals surface area contributed by atoms with Crippen molar-refractivity contribution in [3.8, 4) is 73.6 Å². The van der Waals surface area contributed by atoms with Crippen molar-refractivity contribution >= 4 is 21.9 Å². The summed E-state index contributed by atoms with van der Waals surface area (Å²) < 4.78 is 6.69. The van der Waals surface area contributed by atoms with Crippen LogP contribution in [0.25, 0.3) is 89.5 Å². The molecule has 0 saturated heterocycles. The zero-order chi connectivity index (χ0) is 36.4. The fourth-order valence-corrected chi connectivity index (χ4v) is 8.01. The second-order valence-electron chi connectivity index (χ2n) is 14.3. The molecule has 7 aromatic carbocycles. The highest BCUT2D eigenvalue weighted by Gasteiger charge is 2.36. The monoisotopic (exact) mass is 692 g/mol. The van der Waals surface area contributed by atoms with Gasteiger partial charge in [0.2, 0.25) is 0 Å². The van der Waals surface area contributed by atoms with E-state index in [1.807, 2.05) is 84.9 Å². The fraction of sp³-hybridized carbons (Fsp3) is 0.0612. The first-order chi connectivity index (χ1) is 26.5. The maximum Gasteiger partial charge on any atom is 0.164 e. The van der Waals surface area contributed by atoms with Crippen molar-refractivity contribution in [2.24, 2.45) is 0 Å². The molecule has 5 nitrogen and oxygen atoms in total. The number of fused-ring (bicyclic) bond motifs is 6. The zero-order valence-corrected chi connectivity index (χ0v) is 29.7. The third-order valence-electron chi connectivity index (χ3n) is 10.8. The average molecular weight is 693 g/mol. The van der Waals surface area contributed by atoms with Crippen molar-refractivity contribution in [1.82, 2.24) is 15.0 Å². The molecule has 1 aliphatic rings. The highest BCUT2D eigenvalue weighted by molar-refractivity contribution is 6.16. The molecular formula is C49H32N4O. The van der Waals surface area contributed by atoms with Crippen LogP contribution < -0.4 is 0 Å². The van der Waals surface area contributed by atoms with Crippen LogP contribution in [0.2, 0.25) is 0 Å². The standard InChI is InChI=1S/C49H32N4O/c1-49(2)41-27-30(29-50)17-23-38(41)39-24-22-35(28-42(39)49)36-25-26-37(45-44(36)40-15-9-10-16-43(40)54-45)31-18-20-34(21-19-31)48-52-46(32-11-5-3-6-12-32)51-47(53-48)33-13-7-4-8-14-33/h3-28H,1-2H3. The molecule has 0 unspecified atom stereocenters. The predicted molar refractivity (Wildman–Crippen MR) is 217 cm³/mol. The number of hydrogen-bond donors (Lipinski definition) is 0. The van der Waals surface area contributed by atoms with Gasteiger partial charge in [0.1, 0.15) is 11.2 Å². The summed E-state index contributed by atoms with van der Waals surface area (Å²) >= 11 is 0. The van der Waals surface area contributed by atoms with Crippen LogP contribution >= 0.6 is 0 Å². The number of aromatic nitrogens is 3. The fourth-order valence-electron chi connectivity index (χ4n) is 8.01. The molecule has 2 heterocycles. The molecule has 10 rings (SSSR count). The third-order valence-corrected chi connectivity index (χ3v) is 10.8. The number of benzene rings is 7. The normalized spacial score (nSPS) is 12.8. The van der Waals surface area contributed by atoms with Crippen LogP contribution in [0.4, 0.5) is 0 Å². The van der Waals surface area contributed by atoms with E-state index in [9.17, 15) is 5.26 Å². The summed E-state index contributed by atoms with van der Waals surface area (Å²) in [5, 5.41) is 11.8. The molecule has 5 heteroatoms. The van der Waals surface area contributed by atoms with E-state index in [0.29, 0.717) is 23.0 Å². The lowest BCUT2D eigenvalue weighted by Gasteiger charge is -2.22. The SMILES string of the molecule is CC1(C)c2cc(C#N)ccc2-c2ccc(-c3ccc(-c4ccc(-c5nc(-c6ccccc6)nc(-c6ccccc6)n5)cc4)c4oc5ccccc5c34)cc21. The number of rotatable bonds is 5. The number of nitrogens with zero attached hydrogens (tertiary/aromatic N) is 4. The largest absolute Gasteiger partial charge is 0.455 e. The zero-order valence-electron chi connectivity index (χ0n) is 29.7. The quantitative estimate of drug-likeness (QED) is 0.179. The van der Waals surface area contributed by atoms with Gasteiger partial charge in [-0.25, -0.2) is 15.0 Å². The van der Waals surface area contributed by atoms with Crippen LogP contribution in [0, 0.1) is 11.3 Å². The van der Waals surface area contributed by atoms with Crippen molar-refractivity contribution in [1.29, 1.82) is 5.26 Å². The second kappa shape index (κ2) is 12.2. The van der Waals surface area contributed by atoms with E-state index in [1.54, 1.807) is 0 Å². The molecule has 0 aliphatic heterocycles. The average Bonchev–Trinajstić information content (AvgIpc) is 3.73. The number of furan rings is 1. The first-order valence-electron chi connectivity index (χ1n) is 18.1. The molecule has 54 heavy (non-hydrogen) atoms. The maximum atomic E-state index is 9.62. The van der Waals surface area contributed by atoms with E-state index in [2.05, 4.69) is 92.7 Å². The predicted octanol–water partition coefficient (Wildman–Crippen LogP) is 12.3. The van der Waals surface area contributed by atoms with E-state index in [1.165, 1.54) is 22.3 Å². The van der Waals surface area contributed by atoms with Crippen LogP contribution in [-0.2, 0) is 5.41 Å². The minimum absolute atomic E-state index is 0.241. The molecule has 254 valence electrons. The lowest BCUT2D eigenvalue weighted by atomic mass is 9.81. The number of hydrogen-bond acceptors (Lipinski definition) is 5. The van der Waals surface area contributed by atoms with Crippen LogP contribution in [0.1, 0.15) is 30.5 Å². The van der Waals surface area contributed by atoms with E-state index >= 15 is 0 Å². The Morgan fingerprint density at radius 1 is 0.481 bits per heavy atom. The topological polar surface area (TPSA) is 75.6 Å². The van der Waals surface area contributed by atoms with E-state index in [4.69, 9.17) is 19.4 Å². The molecule has 0 amide bonds. The highest BCUT2D eigenvalue weighted by atomic mass is 16.3. The molecular weight excluding hydrogens is 661 g/mol. The Labute approximate surface area is 312 Å². The molecule has 1 aliphatic carbocycles. The molecule has 0 saturated carbocycles. The summed E-state index contributed by atoms with van der Waals surface area (Å²) in [6, 6.07) is 56.3. The third kappa shape index (κ3) is 5.03. The van der Waals surface area contributed by atoms with Gasteiger partial charge in [-0.15, -0.1) is 0 Å². The lowest BCUT2D eigenvalue weighted by molar-refractivity contribution is 0.660. The lowest BCUT2D eigenvalue weighted by Crippen LogP contribution is -2.15. The second-order valence-corrected chi connectivity index (χ2v) is 14.3. The Morgan fingerprint density at radius 3 is 1.63 bits per heavy atom. The Morgan fingerprint density at radius 2 is 0.981 bits per heavy atom. The van der Waals surface area contributed by atoms with Crippen LogP contribution in [-0.4, -0.2) is 15.0 Å². The van der Waals surface area contributed by atoms with Crippen molar-refractivity contribution in [3.05, 3.63) is 174 Å². The van der Waals surface area contributed by atoms with Crippen molar-refractivity contribution in [2.45, 2.75) is 19.3 Å². The molecule has 0 fully saturated rings. The van der Waals surface area contributed by atoms with Crippen LogP contribution in [0.15, 0.2) is 162 Å². The van der Waals surface area contributed by atoms with Gasteiger partial charge in [-0.1, -0.05) is 141 Å². The van der Waals surface area contributed by atoms with Gasteiger partial charge >= 0.3 is 0 Å². The van der Waals surface area contributed by atoms with Gasteiger partial charge in [0.15, 0.2) is 17.5 Å². The van der Waals surface area contributed by atoms with Gasteiger partial charge in [0.25, 0.3) is 0 Å². The van der Waals surface area contributed by atoms with Crippen molar-refractivity contribution < 1.29 is 4.42 Å². The summed E-state index contributed by atoms with van der Waals surface area (Å²) in [7, 11) is 0. The summed E-state index contributed by atoms with van der Waals surface area (Å²) in [5.74, 6) is 1.88. The van der Waals surface area contributed by atoms with Gasteiger partial charge in [0.05, 0.1) is 11.6 Å². The highest BCUT2D eigenvalue weighted by Crippen LogP contribution is 2.51. The summed E-state index contributed by atoms with van der Waals surface area (Å²) in [6.07, 6.45) is 0. The van der Waals surface area contributed by atoms with E-state index < -0.39 is 0 Å². The Hall–Kier alpha value is -7.16. The summed E-state index contributed by atoms with van der Waals surface area (Å²) in [6.45, 7) is 4.50. The molecule has 2 aromatic heterocycles. The van der Waals surface area contributed by atoms with Gasteiger partial charge in [-0.3, -0.25) is 0 Å². The molecule has 0 atom stereocenters. The van der Waals surface area contributed by atoms with Gasteiger partial charge in [-0.05, 0) is 69.3 Å². The van der Waals surface area contributed by atoms with Gasteiger partial charge < -0.3 is 4.42 Å². The Balaban J connectivity index is 1.08. The molecule has 0 radical (unpaired) electrons. The summed E-state index contributed by atoms with van der Waals surface area (Å²) in [5.41, 5.74) is 14.1. The summed E-state index contributed by atoms with van der Waals surface area (Å²) in [4.78, 5) is 14.7. The maximum absolute atomic E-state index is 9.62. The first kappa shape index (κ1) is 31.6. The first-order valence-corrected chi connectivity index (χ1v) is 18.1. The van der Waals surface area contributed by atoms with Crippen LogP contribution in [0.5, 0.6) is 0 Å². The Kier molecular flexibility index (Phi) is 7.14. The Bertz CT molecular complexity index is 2900. The number of para-hydroxylation sites is 1. The van der Waals surface area contributed by atoms with Crippen LogP contribution in [0.3, 0.4) is 0 Å². The van der Waals surface area contributed by atoms with Crippen molar-refractivity contribution in [2.75, 3.05) is 0 Å². The smallest absolute Gasteiger partial charge is 0.164 e. The van der Waals surface area contributed by atoms with E-state index in [-0.39, 0.29) is 5.41 Å². The van der Waals surface area contributed by atoms with Gasteiger partial charge in [-0.2, -0.15) is 5.26 Å². The van der Waals surface area contributed by atoms with E-state index in [0.717, 1.165) is 60.9 Å². The molecule has 0 N–H and O–H groups in total. The number of nitriles is 1. The van der Waals surface area contributed by atoms with Gasteiger partial charge in [0, 0.05) is 38.4 Å². The molecule has 9 aromatic rings. The molecule has 0 spiro atoms. The van der Waals surface area contributed by atoms with Crippen molar-refractivity contribution in [3.63, 3.8) is 0 Å².